The van der Waals surface area contributed by atoms with E-state index < -0.39 is 5.69 Å². The number of aromatic nitrogens is 3. The SMILES string of the molecule is Cc1cc(C(=O)N2CCCC2c2ncc(Cc3ccc(F)cc3)o2)nc(=O)[nH]1. The Morgan fingerprint density at radius 2 is 2.14 bits per heavy atom. The maximum atomic E-state index is 13.0. The third-order valence-electron chi connectivity index (χ3n) is 4.76. The highest BCUT2D eigenvalue weighted by Crippen LogP contribution is 2.32. The molecule has 1 aromatic carbocycles. The first-order valence-corrected chi connectivity index (χ1v) is 9.07. The van der Waals surface area contributed by atoms with E-state index in [1.807, 2.05) is 0 Å². The second kappa shape index (κ2) is 7.38. The lowest BCUT2D eigenvalue weighted by molar-refractivity contribution is 0.0708. The fraction of sp³-hybridized carbons (Fsp3) is 0.300. The van der Waals surface area contributed by atoms with Crippen molar-refractivity contribution in [2.75, 3.05) is 6.54 Å². The van der Waals surface area contributed by atoms with E-state index in [0.29, 0.717) is 30.3 Å². The van der Waals surface area contributed by atoms with Gasteiger partial charge in [0.15, 0.2) is 0 Å². The number of hydrogen-bond donors (Lipinski definition) is 1. The van der Waals surface area contributed by atoms with Crippen molar-refractivity contribution in [3.05, 3.63) is 81.4 Å². The summed E-state index contributed by atoms with van der Waals surface area (Å²) in [6.45, 7) is 2.25. The molecule has 144 valence electrons. The molecule has 3 heterocycles. The first-order chi connectivity index (χ1) is 13.5. The van der Waals surface area contributed by atoms with Gasteiger partial charge in [-0.3, -0.25) is 4.79 Å². The zero-order valence-electron chi connectivity index (χ0n) is 15.3. The number of halogens is 1. The molecule has 1 fully saturated rings. The molecule has 1 aliphatic heterocycles. The van der Waals surface area contributed by atoms with Gasteiger partial charge in [-0.2, -0.15) is 4.98 Å². The second-order valence-electron chi connectivity index (χ2n) is 6.88. The fourth-order valence-electron chi connectivity index (χ4n) is 3.46. The lowest BCUT2D eigenvalue weighted by Gasteiger charge is -2.21. The van der Waals surface area contributed by atoms with E-state index in [1.54, 1.807) is 36.2 Å². The highest BCUT2D eigenvalue weighted by molar-refractivity contribution is 5.92. The van der Waals surface area contributed by atoms with Crippen molar-refractivity contribution in [1.29, 1.82) is 0 Å². The van der Waals surface area contributed by atoms with Gasteiger partial charge < -0.3 is 14.3 Å². The summed E-state index contributed by atoms with van der Waals surface area (Å²) >= 11 is 0. The van der Waals surface area contributed by atoms with Crippen molar-refractivity contribution in [2.24, 2.45) is 0 Å². The van der Waals surface area contributed by atoms with Gasteiger partial charge in [0.2, 0.25) is 5.89 Å². The number of aromatic amines is 1. The molecule has 0 aliphatic carbocycles. The molecule has 1 N–H and O–H groups in total. The van der Waals surface area contributed by atoms with E-state index in [-0.39, 0.29) is 23.5 Å². The fourth-order valence-corrected chi connectivity index (χ4v) is 3.46. The van der Waals surface area contributed by atoms with E-state index in [1.165, 1.54) is 12.1 Å². The molecule has 28 heavy (non-hydrogen) atoms. The van der Waals surface area contributed by atoms with Crippen molar-refractivity contribution >= 4 is 5.91 Å². The Hall–Kier alpha value is -3.29. The summed E-state index contributed by atoms with van der Waals surface area (Å²) in [5.41, 5.74) is 1.06. The van der Waals surface area contributed by atoms with Gasteiger partial charge in [-0.25, -0.2) is 14.2 Å². The average Bonchev–Trinajstić information content (AvgIpc) is 3.31. The molecule has 0 spiro atoms. The smallest absolute Gasteiger partial charge is 0.345 e. The zero-order chi connectivity index (χ0) is 19.7. The minimum atomic E-state index is -0.545. The third-order valence-corrected chi connectivity index (χ3v) is 4.76. The predicted octanol–water partition coefficient (Wildman–Crippen LogP) is 2.77. The van der Waals surface area contributed by atoms with Crippen LogP contribution in [0.15, 0.2) is 45.7 Å². The van der Waals surface area contributed by atoms with Crippen molar-refractivity contribution in [1.82, 2.24) is 19.9 Å². The molecule has 2 aromatic heterocycles. The minimum absolute atomic E-state index is 0.117. The number of amides is 1. The van der Waals surface area contributed by atoms with Gasteiger partial charge >= 0.3 is 5.69 Å². The van der Waals surface area contributed by atoms with E-state index in [4.69, 9.17) is 4.42 Å². The molecule has 3 aromatic rings. The molecule has 0 bridgehead atoms. The number of carbonyl (C=O) groups excluding carboxylic acids is 1. The Morgan fingerprint density at radius 1 is 1.36 bits per heavy atom. The summed E-state index contributed by atoms with van der Waals surface area (Å²) in [6.07, 6.45) is 3.66. The summed E-state index contributed by atoms with van der Waals surface area (Å²) < 4.78 is 18.9. The van der Waals surface area contributed by atoms with Crippen molar-refractivity contribution in [2.45, 2.75) is 32.2 Å². The van der Waals surface area contributed by atoms with Crippen LogP contribution in [0.3, 0.4) is 0 Å². The Bertz CT molecular complexity index is 1060. The molecule has 1 aliphatic rings. The molecule has 1 amide bonds. The molecule has 1 atom stereocenters. The Morgan fingerprint density at radius 3 is 2.89 bits per heavy atom. The molecular weight excluding hydrogens is 363 g/mol. The third kappa shape index (κ3) is 3.71. The molecule has 1 saturated heterocycles. The van der Waals surface area contributed by atoms with E-state index in [9.17, 15) is 14.0 Å². The van der Waals surface area contributed by atoms with Gasteiger partial charge in [0.25, 0.3) is 5.91 Å². The van der Waals surface area contributed by atoms with Gasteiger partial charge in [-0.05, 0) is 43.5 Å². The monoisotopic (exact) mass is 382 g/mol. The molecule has 7 nitrogen and oxygen atoms in total. The number of nitrogens with zero attached hydrogens (tertiary/aromatic N) is 3. The van der Waals surface area contributed by atoms with Gasteiger partial charge in [0, 0.05) is 18.7 Å². The highest BCUT2D eigenvalue weighted by atomic mass is 19.1. The number of aryl methyl sites for hydroxylation is 1. The molecule has 0 saturated carbocycles. The summed E-state index contributed by atoms with van der Waals surface area (Å²) in [4.78, 5) is 36.8. The molecule has 8 heteroatoms. The molecule has 1 unspecified atom stereocenters. The maximum absolute atomic E-state index is 13.0. The highest BCUT2D eigenvalue weighted by Gasteiger charge is 2.34. The lowest BCUT2D eigenvalue weighted by atomic mass is 10.1. The van der Waals surface area contributed by atoms with Gasteiger partial charge in [-0.1, -0.05) is 12.1 Å². The molecular formula is C20H19FN4O3. The summed E-state index contributed by atoms with van der Waals surface area (Å²) in [6, 6.07) is 7.47. The number of hydrogen-bond acceptors (Lipinski definition) is 5. The van der Waals surface area contributed by atoms with Crippen molar-refractivity contribution < 1.29 is 13.6 Å². The number of benzene rings is 1. The Labute approximate surface area is 160 Å². The quantitative estimate of drug-likeness (QED) is 0.749. The average molecular weight is 382 g/mol. The van der Waals surface area contributed by atoms with Crippen LogP contribution in [0.1, 0.15) is 52.3 Å². The molecule has 4 rings (SSSR count). The summed E-state index contributed by atoms with van der Waals surface area (Å²) in [5.74, 6) is 0.510. The maximum Gasteiger partial charge on any atom is 0.345 e. The van der Waals surface area contributed by atoms with Crippen LogP contribution in [0.5, 0.6) is 0 Å². The van der Waals surface area contributed by atoms with Crippen LogP contribution < -0.4 is 5.69 Å². The van der Waals surface area contributed by atoms with E-state index >= 15 is 0 Å². The second-order valence-corrected chi connectivity index (χ2v) is 6.88. The predicted molar refractivity (Wildman–Crippen MR) is 98.3 cm³/mol. The normalized spacial score (nSPS) is 16.5. The summed E-state index contributed by atoms with van der Waals surface area (Å²) in [7, 11) is 0. The number of oxazole rings is 1. The van der Waals surface area contributed by atoms with Crippen LogP contribution >= 0.6 is 0 Å². The van der Waals surface area contributed by atoms with Crippen LogP contribution in [0.4, 0.5) is 4.39 Å². The first kappa shape index (κ1) is 18.1. The number of H-pyrrole nitrogens is 1. The zero-order valence-corrected chi connectivity index (χ0v) is 15.3. The topological polar surface area (TPSA) is 92.1 Å². The van der Waals surface area contributed by atoms with Crippen molar-refractivity contribution in [3.8, 4) is 0 Å². The molecule has 0 radical (unpaired) electrons. The number of nitrogens with one attached hydrogen (secondary N) is 1. The minimum Gasteiger partial charge on any atom is -0.443 e. The largest absolute Gasteiger partial charge is 0.443 e. The van der Waals surface area contributed by atoms with Gasteiger partial charge in [-0.15, -0.1) is 0 Å². The van der Waals surface area contributed by atoms with Gasteiger partial charge in [0.05, 0.1) is 6.20 Å². The van der Waals surface area contributed by atoms with E-state index in [0.717, 1.165) is 18.4 Å². The number of likely N-dealkylation sites (tertiary alicyclic amines) is 1. The van der Waals surface area contributed by atoms with Gasteiger partial charge in [0.1, 0.15) is 23.3 Å². The summed E-state index contributed by atoms with van der Waals surface area (Å²) in [5, 5.41) is 0. The van der Waals surface area contributed by atoms with Crippen LogP contribution in [-0.4, -0.2) is 32.3 Å². The number of rotatable bonds is 4. The standard InChI is InChI=1S/C20H19FN4O3/c1-12-9-16(24-20(27)23-12)19(26)25-8-2-3-17(25)18-22-11-15(28-18)10-13-4-6-14(21)7-5-13/h4-7,9,11,17H,2-3,8,10H2,1H3,(H,23,24,27). The van der Waals surface area contributed by atoms with Crippen LogP contribution in [0.2, 0.25) is 0 Å². The van der Waals surface area contributed by atoms with Crippen LogP contribution in [-0.2, 0) is 6.42 Å². The first-order valence-electron chi connectivity index (χ1n) is 9.07. The van der Waals surface area contributed by atoms with Crippen molar-refractivity contribution in [3.63, 3.8) is 0 Å². The van der Waals surface area contributed by atoms with Crippen LogP contribution in [0, 0.1) is 12.7 Å². The lowest BCUT2D eigenvalue weighted by Crippen LogP contribution is -2.33. The Kier molecular flexibility index (Phi) is 4.77. The number of carbonyl (C=O) groups is 1. The van der Waals surface area contributed by atoms with Crippen LogP contribution in [0.25, 0.3) is 0 Å². The Balaban J connectivity index is 1.53. The van der Waals surface area contributed by atoms with E-state index in [2.05, 4.69) is 15.0 Å².